The number of carbonyl (C=O) groups excluding carboxylic acids is 1. The summed E-state index contributed by atoms with van der Waals surface area (Å²) in [5, 5.41) is 6.09. The van der Waals surface area contributed by atoms with Gasteiger partial charge in [0.2, 0.25) is 0 Å². The van der Waals surface area contributed by atoms with Crippen LogP contribution in [0.2, 0.25) is 0 Å². The van der Waals surface area contributed by atoms with Crippen LogP contribution in [0.1, 0.15) is 23.0 Å². The van der Waals surface area contributed by atoms with Gasteiger partial charge in [0.25, 0.3) is 5.91 Å². The molecule has 0 saturated carbocycles. The van der Waals surface area contributed by atoms with Crippen molar-refractivity contribution in [3.8, 4) is 11.5 Å². The summed E-state index contributed by atoms with van der Waals surface area (Å²) in [6, 6.07) is 14.9. The number of aromatic nitrogens is 2. The number of carbonyl (C=O) groups is 1. The molecule has 1 aromatic heterocycles. The van der Waals surface area contributed by atoms with Crippen LogP contribution in [-0.4, -0.2) is 29.1 Å². The normalized spacial score (nSPS) is 12.3. The Morgan fingerprint density at radius 1 is 1.04 bits per heavy atom. The lowest BCUT2D eigenvalue weighted by Crippen LogP contribution is -2.17. The van der Waals surface area contributed by atoms with Gasteiger partial charge in [0.05, 0.1) is 0 Å². The summed E-state index contributed by atoms with van der Waals surface area (Å²) in [4.78, 5) is 20.9. The molecule has 1 aliphatic rings. The van der Waals surface area contributed by atoms with Gasteiger partial charge >= 0.3 is 0 Å². The SMILES string of the molecule is CCc1ccccc1Nc1cc(C(=O)Nc2ccc3c(c2)OCCO3)ncn1. The minimum absolute atomic E-state index is 0.265. The number of ether oxygens (including phenoxy) is 2. The summed E-state index contributed by atoms with van der Waals surface area (Å²) in [5.74, 6) is 1.52. The van der Waals surface area contributed by atoms with E-state index in [-0.39, 0.29) is 11.6 Å². The van der Waals surface area contributed by atoms with Crippen molar-refractivity contribution in [2.45, 2.75) is 13.3 Å². The van der Waals surface area contributed by atoms with Crippen LogP contribution in [0.5, 0.6) is 11.5 Å². The van der Waals surface area contributed by atoms with Crippen molar-refractivity contribution >= 4 is 23.1 Å². The number of hydrogen-bond acceptors (Lipinski definition) is 6. The van der Waals surface area contributed by atoms with Crippen LogP contribution in [0.25, 0.3) is 0 Å². The highest BCUT2D eigenvalue weighted by Crippen LogP contribution is 2.32. The molecule has 2 aromatic carbocycles. The van der Waals surface area contributed by atoms with Gasteiger partial charge in [0.15, 0.2) is 11.5 Å². The Morgan fingerprint density at radius 2 is 1.86 bits per heavy atom. The fraction of sp³-hybridized carbons (Fsp3) is 0.190. The summed E-state index contributed by atoms with van der Waals surface area (Å²) < 4.78 is 11.0. The van der Waals surface area contributed by atoms with Crippen molar-refractivity contribution in [1.29, 1.82) is 0 Å². The van der Waals surface area contributed by atoms with Crippen molar-refractivity contribution in [2.75, 3.05) is 23.8 Å². The molecule has 0 aliphatic carbocycles. The number of rotatable bonds is 5. The Bertz CT molecular complexity index is 1010. The Balaban J connectivity index is 1.50. The van der Waals surface area contributed by atoms with E-state index in [9.17, 15) is 4.79 Å². The van der Waals surface area contributed by atoms with Crippen LogP contribution in [0.4, 0.5) is 17.2 Å². The molecule has 2 N–H and O–H groups in total. The van der Waals surface area contributed by atoms with Crippen LogP contribution in [0.15, 0.2) is 54.9 Å². The van der Waals surface area contributed by atoms with Crippen LogP contribution in [0, 0.1) is 0 Å². The third-order valence-electron chi connectivity index (χ3n) is 4.36. The van der Waals surface area contributed by atoms with E-state index in [0.29, 0.717) is 36.2 Å². The first-order chi connectivity index (χ1) is 13.7. The third-order valence-corrected chi connectivity index (χ3v) is 4.36. The molecule has 0 spiro atoms. The fourth-order valence-corrected chi connectivity index (χ4v) is 2.95. The van der Waals surface area contributed by atoms with Gasteiger partial charge in [0, 0.05) is 23.5 Å². The average Bonchev–Trinajstić information content (AvgIpc) is 2.74. The summed E-state index contributed by atoms with van der Waals surface area (Å²) >= 11 is 0. The van der Waals surface area contributed by atoms with Gasteiger partial charge in [-0.2, -0.15) is 0 Å². The van der Waals surface area contributed by atoms with Gasteiger partial charge in [-0.25, -0.2) is 9.97 Å². The van der Waals surface area contributed by atoms with Crippen molar-refractivity contribution in [2.24, 2.45) is 0 Å². The first-order valence-electron chi connectivity index (χ1n) is 9.11. The Kier molecular flexibility index (Phi) is 5.05. The van der Waals surface area contributed by atoms with Crippen LogP contribution in [-0.2, 0) is 6.42 Å². The van der Waals surface area contributed by atoms with Crippen molar-refractivity contribution in [1.82, 2.24) is 9.97 Å². The number of anilines is 3. The third kappa shape index (κ3) is 3.88. The van der Waals surface area contributed by atoms with E-state index in [2.05, 4.69) is 33.6 Å². The first-order valence-corrected chi connectivity index (χ1v) is 9.11. The molecular formula is C21H20N4O3. The van der Waals surface area contributed by atoms with Gasteiger partial charge in [-0.05, 0) is 30.2 Å². The zero-order chi connectivity index (χ0) is 19.3. The summed E-state index contributed by atoms with van der Waals surface area (Å²) in [6.45, 7) is 3.11. The van der Waals surface area contributed by atoms with E-state index in [4.69, 9.17) is 9.47 Å². The number of amides is 1. The molecule has 3 aromatic rings. The maximum absolute atomic E-state index is 12.6. The second-order valence-electron chi connectivity index (χ2n) is 6.24. The number of aryl methyl sites for hydroxylation is 1. The average molecular weight is 376 g/mol. The smallest absolute Gasteiger partial charge is 0.274 e. The molecule has 1 aliphatic heterocycles. The highest BCUT2D eigenvalue weighted by Gasteiger charge is 2.14. The molecule has 0 unspecified atom stereocenters. The van der Waals surface area contributed by atoms with Gasteiger partial charge in [0.1, 0.15) is 31.1 Å². The van der Waals surface area contributed by atoms with Gasteiger partial charge in [-0.3, -0.25) is 4.79 Å². The highest BCUT2D eigenvalue weighted by molar-refractivity contribution is 6.03. The molecule has 2 heterocycles. The number of hydrogen-bond donors (Lipinski definition) is 2. The van der Waals surface area contributed by atoms with E-state index in [1.165, 1.54) is 11.9 Å². The van der Waals surface area contributed by atoms with Crippen molar-refractivity contribution < 1.29 is 14.3 Å². The predicted octanol–water partition coefficient (Wildman–Crippen LogP) is 3.81. The zero-order valence-electron chi connectivity index (χ0n) is 15.4. The van der Waals surface area contributed by atoms with E-state index in [1.807, 2.05) is 18.2 Å². The zero-order valence-corrected chi connectivity index (χ0v) is 15.4. The molecule has 0 bridgehead atoms. The molecule has 142 valence electrons. The van der Waals surface area contributed by atoms with Crippen LogP contribution >= 0.6 is 0 Å². The second kappa shape index (κ2) is 7.96. The highest BCUT2D eigenvalue weighted by atomic mass is 16.6. The van der Waals surface area contributed by atoms with Gasteiger partial charge in [-0.1, -0.05) is 25.1 Å². The summed E-state index contributed by atoms with van der Waals surface area (Å²) in [6.07, 6.45) is 2.27. The molecule has 0 fully saturated rings. The largest absolute Gasteiger partial charge is 0.486 e. The Labute approximate surface area is 162 Å². The van der Waals surface area contributed by atoms with Gasteiger partial charge in [-0.15, -0.1) is 0 Å². The van der Waals surface area contributed by atoms with E-state index < -0.39 is 0 Å². The molecule has 7 heteroatoms. The van der Waals surface area contributed by atoms with E-state index in [0.717, 1.165) is 12.1 Å². The van der Waals surface area contributed by atoms with Crippen LogP contribution in [0.3, 0.4) is 0 Å². The molecule has 28 heavy (non-hydrogen) atoms. The van der Waals surface area contributed by atoms with E-state index >= 15 is 0 Å². The molecule has 0 atom stereocenters. The lowest BCUT2D eigenvalue weighted by Gasteiger charge is -2.19. The number of fused-ring (bicyclic) bond motifs is 1. The molecule has 4 rings (SSSR count). The standard InChI is InChI=1S/C21H20N4O3/c1-2-14-5-3-4-6-16(14)25-20-12-17(22-13-23-20)21(26)24-15-7-8-18-19(11-15)28-10-9-27-18/h3-8,11-13H,2,9-10H2,1H3,(H,24,26)(H,22,23,25). The predicted molar refractivity (Wildman–Crippen MR) is 107 cm³/mol. The van der Waals surface area contributed by atoms with Gasteiger partial charge < -0.3 is 20.1 Å². The maximum Gasteiger partial charge on any atom is 0.274 e. The number of nitrogens with one attached hydrogen (secondary N) is 2. The molecular weight excluding hydrogens is 356 g/mol. The molecule has 0 saturated heterocycles. The first kappa shape index (κ1) is 17.8. The maximum atomic E-state index is 12.6. The number of nitrogens with zero attached hydrogens (tertiary/aromatic N) is 2. The van der Waals surface area contributed by atoms with E-state index in [1.54, 1.807) is 24.3 Å². The summed E-state index contributed by atoms with van der Waals surface area (Å²) in [5.41, 5.74) is 3.00. The second-order valence-corrected chi connectivity index (χ2v) is 6.24. The number of benzene rings is 2. The van der Waals surface area contributed by atoms with Crippen molar-refractivity contribution in [3.05, 3.63) is 66.1 Å². The molecule has 0 radical (unpaired) electrons. The minimum Gasteiger partial charge on any atom is -0.486 e. The lowest BCUT2D eigenvalue weighted by molar-refractivity contribution is 0.102. The fourth-order valence-electron chi connectivity index (χ4n) is 2.95. The quantitative estimate of drug-likeness (QED) is 0.704. The van der Waals surface area contributed by atoms with Crippen molar-refractivity contribution in [3.63, 3.8) is 0 Å². The monoisotopic (exact) mass is 376 g/mol. The summed E-state index contributed by atoms with van der Waals surface area (Å²) in [7, 11) is 0. The Hall–Kier alpha value is -3.61. The van der Waals surface area contributed by atoms with Crippen LogP contribution < -0.4 is 20.1 Å². The molecule has 1 amide bonds. The topological polar surface area (TPSA) is 85.4 Å². The lowest BCUT2D eigenvalue weighted by atomic mass is 10.1. The number of para-hydroxylation sites is 1. The molecule has 7 nitrogen and oxygen atoms in total. The Morgan fingerprint density at radius 3 is 2.71 bits per heavy atom. The minimum atomic E-state index is -0.328.